The van der Waals surface area contributed by atoms with E-state index in [2.05, 4.69) is 36.2 Å². The summed E-state index contributed by atoms with van der Waals surface area (Å²) in [6, 6.07) is 8.74. The van der Waals surface area contributed by atoms with Crippen molar-refractivity contribution in [3.8, 4) is 0 Å². The topological polar surface area (TPSA) is 15.3 Å². The van der Waals surface area contributed by atoms with Crippen LogP contribution in [-0.2, 0) is 0 Å². The number of nitrogens with one attached hydrogen (secondary N) is 1. The van der Waals surface area contributed by atoms with Crippen LogP contribution in [0.5, 0.6) is 0 Å². The zero-order chi connectivity index (χ0) is 12.5. The fourth-order valence-corrected chi connectivity index (χ4v) is 3.00. The molecule has 0 radical (unpaired) electrons. The largest absolute Gasteiger partial charge is 0.365 e. The van der Waals surface area contributed by atoms with E-state index in [1.54, 1.807) is 0 Å². The normalized spacial score (nSPS) is 23.8. The third kappa shape index (κ3) is 2.58. The van der Waals surface area contributed by atoms with Gasteiger partial charge in [0, 0.05) is 18.1 Å². The molecule has 94 valence electrons. The first-order valence-electron chi connectivity index (χ1n) is 6.24. The van der Waals surface area contributed by atoms with Crippen LogP contribution < -0.4 is 10.2 Å². The second kappa shape index (κ2) is 4.87. The lowest BCUT2D eigenvalue weighted by Crippen LogP contribution is -2.54. The summed E-state index contributed by atoms with van der Waals surface area (Å²) in [5.74, 6) is 0. The smallest absolute Gasteiger partial charge is 0.0639 e. The third-order valence-corrected chi connectivity index (χ3v) is 4.05. The molecule has 1 atom stereocenters. The molecule has 1 aliphatic heterocycles. The van der Waals surface area contributed by atoms with Crippen LogP contribution in [0.2, 0.25) is 5.02 Å². The molecule has 0 spiro atoms. The first kappa shape index (κ1) is 12.7. The molecular formula is C14H21ClN2. The minimum atomic E-state index is 0.150. The van der Waals surface area contributed by atoms with Crippen molar-refractivity contribution >= 4 is 17.3 Å². The van der Waals surface area contributed by atoms with Crippen LogP contribution in [0.3, 0.4) is 0 Å². The Bertz CT molecular complexity index is 390. The highest BCUT2D eigenvalue weighted by molar-refractivity contribution is 6.33. The van der Waals surface area contributed by atoms with E-state index in [1.165, 1.54) is 6.42 Å². The molecule has 0 aliphatic carbocycles. The van der Waals surface area contributed by atoms with E-state index in [4.69, 9.17) is 11.6 Å². The highest BCUT2D eigenvalue weighted by atomic mass is 35.5. The molecular weight excluding hydrogens is 232 g/mol. The van der Waals surface area contributed by atoms with Crippen molar-refractivity contribution in [3.05, 3.63) is 29.3 Å². The highest BCUT2D eigenvalue weighted by Gasteiger charge is 2.34. The summed E-state index contributed by atoms with van der Waals surface area (Å²) >= 11 is 6.30. The highest BCUT2D eigenvalue weighted by Crippen LogP contribution is 2.36. The predicted molar refractivity (Wildman–Crippen MR) is 75.0 cm³/mol. The molecule has 2 rings (SSSR count). The molecule has 2 nitrogen and oxygen atoms in total. The average Bonchev–Trinajstić information content (AvgIpc) is 2.29. The predicted octanol–water partition coefficient (Wildman–Crippen LogP) is 3.31. The molecule has 1 heterocycles. The van der Waals surface area contributed by atoms with E-state index < -0.39 is 0 Å². The first-order valence-corrected chi connectivity index (χ1v) is 6.62. The van der Waals surface area contributed by atoms with Gasteiger partial charge in [0.05, 0.1) is 10.7 Å². The van der Waals surface area contributed by atoms with Crippen LogP contribution >= 0.6 is 11.6 Å². The number of hydrogen-bond donors (Lipinski definition) is 1. The minimum absolute atomic E-state index is 0.150. The number of nitrogens with zero attached hydrogens (tertiary/aromatic N) is 1. The summed E-state index contributed by atoms with van der Waals surface area (Å²) in [5, 5.41) is 4.24. The summed E-state index contributed by atoms with van der Waals surface area (Å²) < 4.78 is 0. The van der Waals surface area contributed by atoms with Gasteiger partial charge < -0.3 is 10.2 Å². The zero-order valence-electron chi connectivity index (χ0n) is 10.8. The van der Waals surface area contributed by atoms with Crippen LogP contribution in [0.25, 0.3) is 0 Å². The Hall–Kier alpha value is -0.730. The lowest BCUT2D eigenvalue weighted by molar-refractivity contribution is 0.302. The molecule has 1 fully saturated rings. The molecule has 0 bridgehead atoms. The summed E-state index contributed by atoms with van der Waals surface area (Å²) in [6.45, 7) is 5.64. The van der Waals surface area contributed by atoms with E-state index in [0.29, 0.717) is 6.04 Å². The van der Waals surface area contributed by atoms with E-state index in [1.807, 2.05) is 19.2 Å². The van der Waals surface area contributed by atoms with Crippen molar-refractivity contribution in [3.63, 3.8) is 0 Å². The fourth-order valence-electron chi connectivity index (χ4n) is 2.77. The summed E-state index contributed by atoms with van der Waals surface area (Å²) in [4.78, 5) is 2.43. The molecule has 0 saturated carbocycles. The van der Waals surface area contributed by atoms with Gasteiger partial charge in [0.15, 0.2) is 0 Å². The Balaban J connectivity index is 2.25. The second-order valence-electron chi connectivity index (χ2n) is 5.39. The Morgan fingerprint density at radius 3 is 2.65 bits per heavy atom. The minimum Gasteiger partial charge on any atom is -0.365 e. The summed E-state index contributed by atoms with van der Waals surface area (Å²) in [7, 11) is 2.05. The van der Waals surface area contributed by atoms with Crippen molar-refractivity contribution < 1.29 is 0 Å². The Morgan fingerprint density at radius 2 is 2.06 bits per heavy atom. The molecule has 1 N–H and O–H groups in total. The van der Waals surface area contributed by atoms with Gasteiger partial charge in [0.2, 0.25) is 0 Å². The monoisotopic (exact) mass is 252 g/mol. The van der Waals surface area contributed by atoms with Gasteiger partial charge in [-0.3, -0.25) is 0 Å². The fraction of sp³-hybridized carbons (Fsp3) is 0.571. The molecule has 3 heteroatoms. The Kier molecular flexibility index (Phi) is 3.64. The third-order valence-electron chi connectivity index (χ3n) is 3.73. The molecule has 1 aliphatic rings. The van der Waals surface area contributed by atoms with Crippen LogP contribution in [0.4, 0.5) is 5.69 Å². The molecule has 0 amide bonds. The summed E-state index contributed by atoms with van der Waals surface area (Å²) in [5.41, 5.74) is 1.31. The number of halogens is 1. The number of hydrogen-bond acceptors (Lipinski definition) is 2. The van der Waals surface area contributed by atoms with Crippen molar-refractivity contribution in [2.75, 3.05) is 18.5 Å². The van der Waals surface area contributed by atoms with Gasteiger partial charge in [0.25, 0.3) is 0 Å². The second-order valence-corrected chi connectivity index (χ2v) is 5.80. The van der Waals surface area contributed by atoms with Gasteiger partial charge in [-0.15, -0.1) is 0 Å². The quantitative estimate of drug-likeness (QED) is 0.869. The van der Waals surface area contributed by atoms with Crippen LogP contribution in [0.1, 0.15) is 26.7 Å². The number of rotatable bonds is 2. The Labute approximate surface area is 109 Å². The van der Waals surface area contributed by atoms with Crippen molar-refractivity contribution in [2.45, 2.75) is 38.3 Å². The van der Waals surface area contributed by atoms with Crippen molar-refractivity contribution in [1.82, 2.24) is 5.32 Å². The molecule has 1 aromatic carbocycles. The standard InChI is InChI=1S/C14H21ClN2/c1-14(2)10-11(16-3)8-9-17(14)13-7-5-4-6-12(13)15/h4-7,11,16H,8-10H2,1-3H3. The number of benzene rings is 1. The zero-order valence-corrected chi connectivity index (χ0v) is 11.6. The number of anilines is 1. The van der Waals surface area contributed by atoms with Gasteiger partial charge in [-0.05, 0) is 45.9 Å². The van der Waals surface area contributed by atoms with Gasteiger partial charge in [-0.25, -0.2) is 0 Å². The molecule has 1 aromatic rings. The molecule has 17 heavy (non-hydrogen) atoms. The van der Waals surface area contributed by atoms with E-state index >= 15 is 0 Å². The molecule has 1 unspecified atom stereocenters. The lowest BCUT2D eigenvalue weighted by Gasteiger charge is -2.47. The van der Waals surface area contributed by atoms with Crippen LogP contribution in [0.15, 0.2) is 24.3 Å². The molecule has 0 aromatic heterocycles. The maximum Gasteiger partial charge on any atom is 0.0639 e. The summed E-state index contributed by atoms with van der Waals surface area (Å²) in [6.07, 6.45) is 2.32. The van der Waals surface area contributed by atoms with Crippen molar-refractivity contribution in [1.29, 1.82) is 0 Å². The number of piperidine rings is 1. The van der Waals surface area contributed by atoms with E-state index in [-0.39, 0.29) is 5.54 Å². The van der Waals surface area contributed by atoms with Gasteiger partial charge in [0.1, 0.15) is 0 Å². The molecule has 1 saturated heterocycles. The first-order chi connectivity index (χ1) is 8.04. The SMILES string of the molecule is CNC1CCN(c2ccccc2Cl)C(C)(C)C1. The van der Waals surface area contributed by atoms with Gasteiger partial charge in [-0.2, -0.15) is 0 Å². The van der Waals surface area contributed by atoms with Gasteiger partial charge >= 0.3 is 0 Å². The lowest BCUT2D eigenvalue weighted by atomic mass is 9.86. The van der Waals surface area contributed by atoms with E-state index in [9.17, 15) is 0 Å². The average molecular weight is 253 g/mol. The van der Waals surface area contributed by atoms with Crippen LogP contribution in [-0.4, -0.2) is 25.2 Å². The van der Waals surface area contributed by atoms with Crippen molar-refractivity contribution in [2.24, 2.45) is 0 Å². The van der Waals surface area contributed by atoms with E-state index in [0.717, 1.165) is 23.7 Å². The maximum absolute atomic E-state index is 6.30. The maximum atomic E-state index is 6.30. The van der Waals surface area contributed by atoms with Crippen LogP contribution in [0, 0.1) is 0 Å². The Morgan fingerprint density at radius 1 is 1.35 bits per heavy atom. The van der Waals surface area contributed by atoms with Gasteiger partial charge in [-0.1, -0.05) is 23.7 Å². The number of para-hydroxylation sites is 1.